The number of carbonyl (C=O) groups excluding carboxylic acids is 1. The summed E-state index contributed by atoms with van der Waals surface area (Å²) in [4.78, 5) is 31.9. The number of methoxy groups -OCH3 is 1. The van der Waals surface area contributed by atoms with Crippen LogP contribution in [0.1, 0.15) is 12.5 Å². The van der Waals surface area contributed by atoms with Crippen molar-refractivity contribution in [3.63, 3.8) is 0 Å². The lowest BCUT2D eigenvalue weighted by atomic mass is 10.1. The molecule has 2 heterocycles. The van der Waals surface area contributed by atoms with Gasteiger partial charge < -0.3 is 10.1 Å². The standard InChI is InChI=1S/C26H25N3O3S2/c1-5-13-29-25(31)22-19(18-9-7-6-8-10-18)15-33-24(22)28-26(29)34-17(3)23(30)27-20-14-16(2)11-12-21(20)32-4/h5-12,14-15,17H,1,13H2,2-4H3,(H,27,30). The van der Waals surface area contributed by atoms with Crippen LogP contribution in [0.4, 0.5) is 5.69 Å². The van der Waals surface area contributed by atoms with Gasteiger partial charge in [-0.15, -0.1) is 17.9 Å². The number of allylic oxidation sites excluding steroid dienone is 1. The van der Waals surface area contributed by atoms with E-state index in [1.807, 2.05) is 60.8 Å². The third-order valence-electron chi connectivity index (χ3n) is 5.32. The summed E-state index contributed by atoms with van der Waals surface area (Å²) in [6.45, 7) is 7.84. The lowest BCUT2D eigenvalue weighted by Gasteiger charge is -2.16. The van der Waals surface area contributed by atoms with Crippen LogP contribution in [0.5, 0.6) is 5.75 Å². The van der Waals surface area contributed by atoms with Gasteiger partial charge in [-0.25, -0.2) is 4.98 Å². The molecule has 6 nitrogen and oxygen atoms in total. The van der Waals surface area contributed by atoms with E-state index in [2.05, 4.69) is 11.9 Å². The highest BCUT2D eigenvalue weighted by Crippen LogP contribution is 2.33. The smallest absolute Gasteiger partial charge is 0.263 e. The number of thioether (sulfide) groups is 1. The molecule has 0 bridgehead atoms. The largest absolute Gasteiger partial charge is 0.495 e. The van der Waals surface area contributed by atoms with Crippen LogP contribution in [0.2, 0.25) is 0 Å². The molecule has 0 fully saturated rings. The van der Waals surface area contributed by atoms with E-state index in [0.29, 0.717) is 33.4 Å². The number of aryl methyl sites for hydroxylation is 1. The van der Waals surface area contributed by atoms with E-state index in [9.17, 15) is 9.59 Å². The molecule has 0 saturated heterocycles. The van der Waals surface area contributed by atoms with Gasteiger partial charge in [0.05, 0.1) is 23.4 Å². The van der Waals surface area contributed by atoms with Crippen molar-refractivity contribution < 1.29 is 9.53 Å². The average Bonchev–Trinajstić information content (AvgIpc) is 3.26. The fraction of sp³-hybridized carbons (Fsp3) is 0.192. The summed E-state index contributed by atoms with van der Waals surface area (Å²) >= 11 is 2.67. The summed E-state index contributed by atoms with van der Waals surface area (Å²) in [6, 6.07) is 15.4. The molecular formula is C26H25N3O3S2. The molecule has 1 amide bonds. The van der Waals surface area contributed by atoms with Crippen LogP contribution < -0.4 is 15.6 Å². The van der Waals surface area contributed by atoms with Crippen molar-refractivity contribution in [2.24, 2.45) is 0 Å². The van der Waals surface area contributed by atoms with Crippen molar-refractivity contribution in [1.82, 2.24) is 9.55 Å². The molecule has 0 aliphatic heterocycles. The molecule has 0 spiro atoms. The summed E-state index contributed by atoms with van der Waals surface area (Å²) in [5.74, 6) is 0.385. The monoisotopic (exact) mass is 491 g/mol. The second kappa shape index (κ2) is 10.3. The van der Waals surface area contributed by atoms with Crippen LogP contribution in [-0.2, 0) is 11.3 Å². The number of anilines is 1. The molecule has 4 rings (SSSR count). The number of nitrogens with one attached hydrogen (secondary N) is 1. The Morgan fingerprint density at radius 1 is 1.29 bits per heavy atom. The SMILES string of the molecule is C=CCn1c(SC(C)C(=O)Nc2cc(C)ccc2OC)nc2scc(-c3ccccc3)c2c1=O. The van der Waals surface area contributed by atoms with Crippen molar-refractivity contribution in [2.45, 2.75) is 30.8 Å². The molecule has 0 radical (unpaired) electrons. The number of aromatic nitrogens is 2. The minimum absolute atomic E-state index is 0.138. The van der Waals surface area contributed by atoms with Gasteiger partial charge in [0.25, 0.3) is 5.56 Å². The molecule has 1 unspecified atom stereocenters. The molecule has 0 aliphatic carbocycles. The Kier molecular flexibility index (Phi) is 7.19. The first-order valence-electron chi connectivity index (χ1n) is 10.7. The normalized spacial score (nSPS) is 11.9. The van der Waals surface area contributed by atoms with E-state index < -0.39 is 5.25 Å². The van der Waals surface area contributed by atoms with Crippen LogP contribution in [-0.4, -0.2) is 27.8 Å². The zero-order valence-electron chi connectivity index (χ0n) is 19.2. The number of amides is 1. The van der Waals surface area contributed by atoms with Gasteiger partial charge in [-0.05, 0) is 37.1 Å². The van der Waals surface area contributed by atoms with Gasteiger partial charge in [0, 0.05) is 17.5 Å². The van der Waals surface area contributed by atoms with Crippen molar-refractivity contribution in [3.8, 4) is 16.9 Å². The Labute approximate surface area is 206 Å². The van der Waals surface area contributed by atoms with Gasteiger partial charge in [0.2, 0.25) is 5.91 Å². The van der Waals surface area contributed by atoms with Gasteiger partial charge in [-0.1, -0.05) is 54.2 Å². The van der Waals surface area contributed by atoms with Crippen molar-refractivity contribution in [2.75, 3.05) is 12.4 Å². The molecule has 1 N–H and O–H groups in total. The van der Waals surface area contributed by atoms with Gasteiger partial charge in [0.1, 0.15) is 10.6 Å². The molecule has 0 aliphatic rings. The lowest BCUT2D eigenvalue weighted by molar-refractivity contribution is -0.115. The molecule has 0 saturated carbocycles. The number of ether oxygens (including phenoxy) is 1. The fourth-order valence-corrected chi connectivity index (χ4v) is 5.49. The topological polar surface area (TPSA) is 73.2 Å². The van der Waals surface area contributed by atoms with Crippen LogP contribution in [0, 0.1) is 6.92 Å². The Bertz CT molecular complexity index is 1410. The first-order valence-corrected chi connectivity index (χ1v) is 12.5. The Morgan fingerprint density at radius 2 is 2.06 bits per heavy atom. The average molecular weight is 492 g/mol. The van der Waals surface area contributed by atoms with Gasteiger partial charge >= 0.3 is 0 Å². The summed E-state index contributed by atoms with van der Waals surface area (Å²) in [5.41, 5.74) is 3.32. The van der Waals surface area contributed by atoms with Crippen molar-refractivity contribution >= 4 is 44.9 Å². The van der Waals surface area contributed by atoms with Gasteiger partial charge in [-0.2, -0.15) is 0 Å². The van der Waals surface area contributed by atoms with E-state index in [1.54, 1.807) is 24.7 Å². The van der Waals surface area contributed by atoms with Gasteiger partial charge in [0.15, 0.2) is 5.16 Å². The highest BCUT2D eigenvalue weighted by Gasteiger charge is 2.22. The number of fused-ring (bicyclic) bond motifs is 1. The molecule has 174 valence electrons. The van der Waals surface area contributed by atoms with E-state index in [-0.39, 0.29) is 11.5 Å². The van der Waals surface area contributed by atoms with E-state index in [0.717, 1.165) is 16.7 Å². The molecule has 2 aromatic heterocycles. The first-order chi connectivity index (χ1) is 16.4. The number of nitrogens with zero attached hydrogens (tertiary/aromatic N) is 2. The fourth-order valence-electron chi connectivity index (χ4n) is 3.58. The van der Waals surface area contributed by atoms with E-state index in [4.69, 9.17) is 9.72 Å². The summed E-state index contributed by atoms with van der Waals surface area (Å²) < 4.78 is 6.94. The quantitative estimate of drug-likeness (QED) is 0.193. The predicted octanol–water partition coefficient (Wildman–Crippen LogP) is 5.75. The molecule has 2 aromatic carbocycles. The van der Waals surface area contributed by atoms with Gasteiger partial charge in [-0.3, -0.25) is 14.2 Å². The van der Waals surface area contributed by atoms with E-state index >= 15 is 0 Å². The van der Waals surface area contributed by atoms with Crippen LogP contribution in [0.25, 0.3) is 21.3 Å². The predicted molar refractivity (Wildman–Crippen MR) is 141 cm³/mol. The van der Waals surface area contributed by atoms with E-state index in [1.165, 1.54) is 23.1 Å². The maximum atomic E-state index is 13.5. The second-order valence-electron chi connectivity index (χ2n) is 7.75. The van der Waals surface area contributed by atoms with Crippen LogP contribution in [0.15, 0.2) is 76.5 Å². The maximum Gasteiger partial charge on any atom is 0.263 e. The first kappa shape index (κ1) is 23.8. The molecule has 8 heteroatoms. The summed E-state index contributed by atoms with van der Waals surface area (Å²) in [7, 11) is 1.57. The Morgan fingerprint density at radius 3 is 2.76 bits per heavy atom. The number of rotatable bonds is 8. The lowest BCUT2D eigenvalue weighted by Crippen LogP contribution is -2.26. The highest BCUT2D eigenvalue weighted by atomic mass is 32.2. The number of benzene rings is 2. The molecular weight excluding hydrogens is 466 g/mol. The zero-order chi connectivity index (χ0) is 24.2. The number of carbonyl (C=O) groups is 1. The number of hydrogen-bond acceptors (Lipinski definition) is 6. The number of thiophene rings is 1. The molecule has 4 aromatic rings. The highest BCUT2D eigenvalue weighted by molar-refractivity contribution is 8.00. The maximum absolute atomic E-state index is 13.5. The minimum Gasteiger partial charge on any atom is -0.495 e. The Balaban J connectivity index is 1.67. The molecule has 34 heavy (non-hydrogen) atoms. The Hall–Kier alpha value is -3.36. The summed E-state index contributed by atoms with van der Waals surface area (Å²) in [5, 5.41) is 5.46. The third kappa shape index (κ3) is 4.78. The number of hydrogen-bond donors (Lipinski definition) is 1. The van der Waals surface area contributed by atoms with Crippen molar-refractivity contribution in [1.29, 1.82) is 0 Å². The summed E-state index contributed by atoms with van der Waals surface area (Å²) in [6.07, 6.45) is 1.66. The third-order valence-corrected chi connectivity index (χ3v) is 7.28. The second-order valence-corrected chi connectivity index (χ2v) is 9.91. The van der Waals surface area contributed by atoms with Crippen LogP contribution in [0.3, 0.4) is 0 Å². The zero-order valence-corrected chi connectivity index (χ0v) is 20.8. The minimum atomic E-state index is -0.501. The van der Waals surface area contributed by atoms with Crippen LogP contribution >= 0.6 is 23.1 Å². The molecule has 1 atom stereocenters. The van der Waals surface area contributed by atoms with Crippen molar-refractivity contribution in [3.05, 3.63) is 82.5 Å².